The molecule has 0 N–H and O–H groups in total. The Hall–Kier alpha value is -0.520. The molecule has 0 amide bonds. The first-order valence-corrected chi connectivity index (χ1v) is 4.84. The predicted molar refractivity (Wildman–Crippen MR) is 55.1 cm³/mol. The van der Waals surface area contributed by atoms with Gasteiger partial charge in [-0.25, -0.2) is 0 Å². The molecule has 1 saturated carbocycles. The summed E-state index contributed by atoms with van der Waals surface area (Å²) < 4.78 is 0. The van der Waals surface area contributed by atoms with Crippen LogP contribution in [-0.2, 0) is 0 Å². The van der Waals surface area contributed by atoms with Crippen LogP contribution in [-0.4, -0.2) is 0 Å². The van der Waals surface area contributed by atoms with Gasteiger partial charge in [-0.1, -0.05) is 32.1 Å². The third-order valence-corrected chi connectivity index (χ3v) is 2.95. The summed E-state index contributed by atoms with van der Waals surface area (Å²) in [6.45, 7) is 12.6. The van der Waals surface area contributed by atoms with Gasteiger partial charge in [0.15, 0.2) is 0 Å². The van der Waals surface area contributed by atoms with Gasteiger partial charge >= 0.3 is 0 Å². The number of allylic oxidation sites excluding steroid dienone is 2. The van der Waals surface area contributed by atoms with E-state index in [-0.39, 0.29) is 0 Å². The summed E-state index contributed by atoms with van der Waals surface area (Å²) in [4.78, 5) is 0. The van der Waals surface area contributed by atoms with Gasteiger partial charge in [-0.15, -0.1) is 6.58 Å². The second-order valence-electron chi connectivity index (χ2n) is 4.75. The maximum Gasteiger partial charge on any atom is -0.0166 e. The lowest BCUT2D eigenvalue weighted by atomic mass is 9.69. The molecule has 0 aromatic carbocycles. The standard InChI is InChI=1S/C12H20/c1-5-6-11-9-12(3,4)8-7-10(11)2/h5,11H,1-2,6-9H2,3-4H3. The first-order valence-electron chi connectivity index (χ1n) is 4.84. The lowest BCUT2D eigenvalue weighted by Crippen LogP contribution is -2.23. The smallest absolute Gasteiger partial charge is 0.0166 e. The van der Waals surface area contributed by atoms with Crippen LogP contribution >= 0.6 is 0 Å². The molecule has 0 spiro atoms. The van der Waals surface area contributed by atoms with Crippen molar-refractivity contribution in [3.05, 3.63) is 24.8 Å². The largest absolute Gasteiger partial charge is 0.103 e. The lowest BCUT2D eigenvalue weighted by Gasteiger charge is -2.36. The van der Waals surface area contributed by atoms with Crippen LogP contribution < -0.4 is 0 Å². The Morgan fingerprint density at radius 2 is 2.25 bits per heavy atom. The fourth-order valence-corrected chi connectivity index (χ4v) is 2.07. The first kappa shape index (κ1) is 9.57. The van der Waals surface area contributed by atoms with Gasteiger partial charge in [-0.2, -0.15) is 0 Å². The monoisotopic (exact) mass is 164 g/mol. The van der Waals surface area contributed by atoms with Crippen LogP contribution in [0, 0.1) is 11.3 Å². The summed E-state index contributed by atoms with van der Waals surface area (Å²) in [6.07, 6.45) is 6.95. The molecule has 1 aliphatic carbocycles. The van der Waals surface area contributed by atoms with Crippen molar-refractivity contribution in [2.45, 2.75) is 39.5 Å². The number of hydrogen-bond acceptors (Lipinski definition) is 0. The maximum absolute atomic E-state index is 4.13. The van der Waals surface area contributed by atoms with Crippen LogP contribution in [0.15, 0.2) is 24.8 Å². The molecule has 0 aromatic heterocycles. The molecule has 1 unspecified atom stereocenters. The Balaban J connectivity index is 2.59. The molecule has 0 heterocycles. The highest BCUT2D eigenvalue weighted by atomic mass is 14.3. The minimum absolute atomic E-state index is 0.523. The predicted octanol–water partition coefficient (Wildman–Crippen LogP) is 3.95. The Bertz CT molecular complexity index is 186. The van der Waals surface area contributed by atoms with Crippen LogP contribution in [0.4, 0.5) is 0 Å². The van der Waals surface area contributed by atoms with E-state index in [1.165, 1.54) is 24.8 Å². The van der Waals surface area contributed by atoms with Gasteiger partial charge in [0.25, 0.3) is 0 Å². The summed E-state index contributed by atoms with van der Waals surface area (Å²) in [5.41, 5.74) is 1.96. The minimum atomic E-state index is 0.523. The first-order chi connectivity index (χ1) is 5.55. The second kappa shape index (κ2) is 3.47. The van der Waals surface area contributed by atoms with Crippen molar-refractivity contribution < 1.29 is 0 Å². The van der Waals surface area contributed by atoms with E-state index in [2.05, 4.69) is 27.0 Å². The van der Waals surface area contributed by atoms with E-state index in [4.69, 9.17) is 0 Å². The van der Waals surface area contributed by atoms with E-state index < -0.39 is 0 Å². The van der Waals surface area contributed by atoms with Crippen molar-refractivity contribution in [1.82, 2.24) is 0 Å². The number of rotatable bonds is 2. The molecule has 1 fully saturated rings. The van der Waals surface area contributed by atoms with E-state index in [1.54, 1.807) is 0 Å². The molecule has 1 rings (SSSR count). The topological polar surface area (TPSA) is 0 Å². The Kier molecular flexibility index (Phi) is 2.76. The summed E-state index contributed by atoms with van der Waals surface area (Å²) in [5, 5.41) is 0. The van der Waals surface area contributed by atoms with Gasteiger partial charge in [0, 0.05) is 0 Å². The van der Waals surface area contributed by atoms with Crippen molar-refractivity contribution in [3.8, 4) is 0 Å². The highest BCUT2D eigenvalue weighted by molar-refractivity contribution is 5.08. The summed E-state index contributed by atoms with van der Waals surface area (Å²) in [6, 6.07) is 0. The molecule has 0 nitrogen and oxygen atoms in total. The summed E-state index contributed by atoms with van der Waals surface area (Å²) in [5.74, 6) is 0.700. The quantitative estimate of drug-likeness (QED) is 0.542. The zero-order chi connectivity index (χ0) is 9.19. The molecule has 0 saturated heterocycles. The minimum Gasteiger partial charge on any atom is -0.103 e. The lowest BCUT2D eigenvalue weighted by molar-refractivity contribution is 0.227. The van der Waals surface area contributed by atoms with Crippen molar-refractivity contribution >= 4 is 0 Å². The fraction of sp³-hybridized carbons (Fsp3) is 0.667. The van der Waals surface area contributed by atoms with Crippen molar-refractivity contribution in [2.24, 2.45) is 11.3 Å². The molecular weight excluding hydrogens is 144 g/mol. The van der Waals surface area contributed by atoms with E-state index in [1.807, 2.05) is 6.08 Å². The van der Waals surface area contributed by atoms with E-state index >= 15 is 0 Å². The third-order valence-electron chi connectivity index (χ3n) is 2.95. The van der Waals surface area contributed by atoms with Gasteiger partial charge in [0.05, 0.1) is 0 Å². The zero-order valence-corrected chi connectivity index (χ0v) is 8.40. The molecule has 1 aliphatic rings. The van der Waals surface area contributed by atoms with E-state index in [9.17, 15) is 0 Å². The highest BCUT2D eigenvalue weighted by Crippen LogP contribution is 2.42. The van der Waals surface area contributed by atoms with Gasteiger partial charge < -0.3 is 0 Å². The Morgan fingerprint density at radius 1 is 1.58 bits per heavy atom. The van der Waals surface area contributed by atoms with Crippen LogP contribution in [0.25, 0.3) is 0 Å². The molecule has 1 atom stereocenters. The second-order valence-corrected chi connectivity index (χ2v) is 4.75. The number of hydrogen-bond donors (Lipinski definition) is 0. The third kappa shape index (κ3) is 2.23. The van der Waals surface area contributed by atoms with Crippen LogP contribution in [0.2, 0.25) is 0 Å². The van der Waals surface area contributed by atoms with Gasteiger partial charge in [-0.3, -0.25) is 0 Å². The van der Waals surface area contributed by atoms with Crippen molar-refractivity contribution in [3.63, 3.8) is 0 Å². The molecule has 0 heteroatoms. The average molecular weight is 164 g/mol. The normalized spacial score (nSPS) is 28.5. The SMILES string of the molecule is C=CCC1CC(C)(C)CCC1=C. The highest BCUT2D eigenvalue weighted by Gasteiger charge is 2.29. The van der Waals surface area contributed by atoms with Crippen LogP contribution in [0.1, 0.15) is 39.5 Å². The zero-order valence-electron chi connectivity index (χ0n) is 8.40. The van der Waals surface area contributed by atoms with Crippen LogP contribution in [0.3, 0.4) is 0 Å². The molecule has 0 radical (unpaired) electrons. The van der Waals surface area contributed by atoms with Gasteiger partial charge in [-0.05, 0) is 37.0 Å². The molecule has 0 aliphatic heterocycles. The van der Waals surface area contributed by atoms with Crippen molar-refractivity contribution in [2.75, 3.05) is 0 Å². The van der Waals surface area contributed by atoms with Crippen LogP contribution in [0.5, 0.6) is 0 Å². The average Bonchev–Trinajstić information content (AvgIpc) is 1.97. The van der Waals surface area contributed by atoms with Gasteiger partial charge in [0.2, 0.25) is 0 Å². The molecule has 0 bridgehead atoms. The molecule has 0 aromatic rings. The maximum atomic E-state index is 4.13. The Morgan fingerprint density at radius 3 is 2.83 bits per heavy atom. The Labute approximate surface area is 76.4 Å². The van der Waals surface area contributed by atoms with E-state index in [0.29, 0.717) is 11.3 Å². The van der Waals surface area contributed by atoms with E-state index in [0.717, 1.165) is 6.42 Å². The fourth-order valence-electron chi connectivity index (χ4n) is 2.07. The van der Waals surface area contributed by atoms with Gasteiger partial charge in [0.1, 0.15) is 0 Å². The summed E-state index contributed by atoms with van der Waals surface area (Å²) in [7, 11) is 0. The molecular formula is C12H20. The van der Waals surface area contributed by atoms with Crippen molar-refractivity contribution in [1.29, 1.82) is 0 Å². The summed E-state index contributed by atoms with van der Waals surface area (Å²) >= 11 is 0. The molecule has 68 valence electrons. The molecule has 12 heavy (non-hydrogen) atoms.